The lowest BCUT2D eigenvalue weighted by Gasteiger charge is -1.94. The van der Waals surface area contributed by atoms with E-state index < -0.39 is 0 Å². The molecule has 3 aromatic rings. The lowest BCUT2D eigenvalue weighted by Crippen LogP contribution is -2.19. The first-order valence-corrected chi connectivity index (χ1v) is 5.50. The van der Waals surface area contributed by atoms with Crippen LogP contribution in [-0.2, 0) is 0 Å². The zero-order valence-electron chi connectivity index (χ0n) is 7.90. The van der Waals surface area contributed by atoms with Gasteiger partial charge in [-0.2, -0.15) is 4.40 Å². The predicted octanol–water partition coefficient (Wildman–Crippen LogP) is 2.95. The minimum absolute atomic E-state index is 1.30. The van der Waals surface area contributed by atoms with Gasteiger partial charge in [0.05, 0.1) is 5.39 Å². The maximum Gasteiger partial charge on any atom is 0.219 e. The van der Waals surface area contributed by atoms with E-state index in [9.17, 15) is 0 Å². The molecule has 3 heterocycles. The number of aryl methyl sites for hydroxylation is 1. The second-order valence-corrected chi connectivity index (χ2v) is 4.46. The van der Waals surface area contributed by atoms with Gasteiger partial charge in [0, 0.05) is 22.9 Å². The lowest BCUT2D eigenvalue weighted by molar-refractivity contribution is -0.510. The molecule has 0 N–H and O–H groups in total. The van der Waals surface area contributed by atoms with Crippen LogP contribution in [0.2, 0.25) is 0 Å². The fraction of sp³-hybridized carbons (Fsp3) is 0.0833. The van der Waals surface area contributed by atoms with Crippen molar-refractivity contribution in [1.82, 2.24) is 0 Å². The molecule has 3 aromatic heterocycles. The van der Waals surface area contributed by atoms with Crippen molar-refractivity contribution >= 4 is 26.9 Å². The van der Waals surface area contributed by atoms with E-state index in [0.29, 0.717) is 0 Å². The third-order valence-electron chi connectivity index (χ3n) is 2.50. The van der Waals surface area contributed by atoms with E-state index in [2.05, 4.69) is 53.4 Å². The van der Waals surface area contributed by atoms with Crippen LogP contribution in [0.3, 0.4) is 0 Å². The molecule has 14 heavy (non-hydrogen) atoms. The van der Waals surface area contributed by atoms with E-state index in [1.54, 1.807) is 11.3 Å². The van der Waals surface area contributed by atoms with Crippen LogP contribution in [0.1, 0.15) is 5.56 Å². The van der Waals surface area contributed by atoms with Crippen LogP contribution in [0, 0.1) is 6.92 Å². The first-order chi connectivity index (χ1) is 6.84. The van der Waals surface area contributed by atoms with Gasteiger partial charge in [-0.1, -0.05) is 0 Å². The van der Waals surface area contributed by atoms with E-state index in [0.717, 1.165) is 0 Å². The smallest absolute Gasteiger partial charge is 0.167 e. The van der Waals surface area contributed by atoms with E-state index in [-0.39, 0.29) is 0 Å². The molecule has 0 aliphatic heterocycles. The van der Waals surface area contributed by atoms with Crippen molar-refractivity contribution in [3.05, 3.63) is 47.6 Å². The summed E-state index contributed by atoms with van der Waals surface area (Å²) in [5.74, 6) is 0. The van der Waals surface area contributed by atoms with Gasteiger partial charge in [-0.15, -0.1) is 11.3 Å². The van der Waals surface area contributed by atoms with Crippen LogP contribution in [-0.4, -0.2) is 0 Å². The van der Waals surface area contributed by atoms with E-state index >= 15 is 0 Å². The number of rotatable bonds is 0. The molecular weight excluding hydrogens is 190 g/mol. The molecule has 0 unspecified atom stereocenters. The summed E-state index contributed by atoms with van der Waals surface area (Å²) in [6.45, 7) is 2.13. The summed E-state index contributed by atoms with van der Waals surface area (Å²) >= 11 is 1.79. The first-order valence-electron chi connectivity index (χ1n) is 4.62. The Morgan fingerprint density at radius 2 is 2.00 bits per heavy atom. The average molecular weight is 200 g/mol. The van der Waals surface area contributed by atoms with Crippen molar-refractivity contribution in [1.29, 1.82) is 0 Å². The molecular formula is C12H10NS+. The Hall–Kier alpha value is -1.41. The second kappa shape index (κ2) is 2.79. The number of nitrogens with zero attached hydrogens (tertiary/aromatic N) is 1. The molecule has 1 nitrogen and oxygen atoms in total. The lowest BCUT2D eigenvalue weighted by atomic mass is 10.2. The molecule has 68 valence electrons. The fourth-order valence-corrected chi connectivity index (χ4v) is 2.56. The van der Waals surface area contributed by atoms with Crippen molar-refractivity contribution < 1.29 is 4.40 Å². The zero-order chi connectivity index (χ0) is 9.54. The zero-order valence-corrected chi connectivity index (χ0v) is 8.71. The van der Waals surface area contributed by atoms with Crippen molar-refractivity contribution in [3.8, 4) is 0 Å². The molecule has 0 saturated carbocycles. The van der Waals surface area contributed by atoms with Gasteiger partial charge in [0.2, 0.25) is 5.52 Å². The van der Waals surface area contributed by atoms with Crippen LogP contribution >= 0.6 is 11.3 Å². The Bertz CT molecular complexity index is 610. The van der Waals surface area contributed by atoms with Crippen molar-refractivity contribution in [3.63, 3.8) is 0 Å². The van der Waals surface area contributed by atoms with E-state index in [1.807, 2.05) is 0 Å². The molecule has 0 aromatic carbocycles. The summed E-state index contributed by atoms with van der Waals surface area (Å²) in [7, 11) is 0. The number of hydrogen-bond acceptors (Lipinski definition) is 1. The Kier molecular flexibility index (Phi) is 1.58. The second-order valence-electron chi connectivity index (χ2n) is 3.51. The molecule has 0 aliphatic rings. The molecule has 3 rings (SSSR count). The third kappa shape index (κ3) is 1.04. The summed E-state index contributed by atoms with van der Waals surface area (Å²) in [5, 5.41) is 3.49. The van der Waals surface area contributed by atoms with Crippen LogP contribution < -0.4 is 4.40 Å². The summed E-state index contributed by atoms with van der Waals surface area (Å²) in [4.78, 5) is 0. The normalized spacial score (nSPS) is 11.2. The number of aromatic nitrogens is 1. The quantitative estimate of drug-likeness (QED) is 0.491. The maximum atomic E-state index is 2.23. The number of hydrogen-bond donors (Lipinski definition) is 0. The summed E-state index contributed by atoms with van der Waals surface area (Å²) in [6, 6.07) is 8.72. The monoisotopic (exact) mass is 200 g/mol. The Morgan fingerprint density at radius 1 is 1.14 bits per heavy atom. The Morgan fingerprint density at radius 3 is 2.93 bits per heavy atom. The highest BCUT2D eigenvalue weighted by Gasteiger charge is 2.07. The van der Waals surface area contributed by atoms with Crippen LogP contribution in [0.25, 0.3) is 15.6 Å². The van der Waals surface area contributed by atoms with Gasteiger partial charge in [-0.3, -0.25) is 0 Å². The molecule has 0 radical (unpaired) electrons. The molecule has 0 amide bonds. The van der Waals surface area contributed by atoms with Crippen molar-refractivity contribution in [2.24, 2.45) is 0 Å². The van der Waals surface area contributed by atoms with Gasteiger partial charge >= 0.3 is 0 Å². The Balaban J connectivity index is 2.60. The highest BCUT2D eigenvalue weighted by Crippen LogP contribution is 2.22. The number of fused-ring (bicyclic) bond motifs is 3. The molecule has 0 fully saturated rings. The van der Waals surface area contributed by atoms with E-state index in [1.165, 1.54) is 21.2 Å². The highest BCUT2D eigenvalue weighted by molar-refractivity contribution is 7.17. The molecule has 0 spiro atoms. The fourth-order valence-electron chi connectivity index (χ4n) is 1.77. The molecule has 2 heteroatoms. The van der Waals surface area contributed by atoms with Crippen LogP contribution in [0.15, 0.2) is 42.0 Å². The van der Waals surface area contributed by atoms with Gasteiger partial charge in [0.1, 0.15) is 0 Å². The molecule has 0 saturated heterocycles. The summed E-state index contributed by atoms with van der Waals surface area (Å²) in [5.41, 5.74) is 2.60. The molecule has 0 atom stereocenters. The highest BCUT2D eigenvalue weighted by atomic mass is 32.1. The largest absolute Gasteiger partial charge is 0.219 e. The standard InChI is InChI=1S/C12H10NS/c1-9-2-5-13-6-3-12-10(4-7-14-12)11(13)8-9/h2-8H,1H3/q+1. The van der Waals surface area contributed by atoms with Gasteiger partial charge in [0.15, 0.2) is 12.4 Å². The number of pyridine rings is 2. The number of thiophene rings is 1. The molecule has 0 aliphatic carbocycles. The SMILES string of the molecule is Cc1cc[n+]2ccc3sccc3c2c1. The van der Waals surface area contributed by atoms with Crippen molar-refractivity contribution in [2.45, 2.75) is 6.92 Å². The predicted molar refractivity (Wildman–Crippen MR) is 59.7 cm³/mol. The van der Waals surface area contributed by atoms with Gasteiger partial charge in [0.25, 0.3) is 0 Å². The van der Waals surface area contributed by atoms with E-state index in [4.69, 9.17) is 0 Å². The summed E-state index contributed by atoms with van der Waals surface area (Å²) < 4.78 is 3.53. The minimum atomic E-state index is 1.30. The topological polar surface area (TPSA) is 4.10 Å². The summed E-state index contributed by atoms with van der Waals surface area (Å²) in [6.07, 6.45) is 4.23. The van der Waals surface area contributed by atoms with Crippen LogP contribution in [0.4, 0.5) is 0 Å². The van der Waals surface area contributed by atoms with Gasteiger partial charge < -0.3 is 0 Å². The maximum absolute atomic E-state index is 2.23. The third-order valence-corrected chi connectivity index (χ3v) is 3.38. The first kappa shape index (κ1) is 7.94. The van der Waals surface area contributed by atoms with Crippen molar-refractivity contribution in [2.75, 3.05) is 0 Å². The minimum Gasteiger partial charge on any atom is -0.167 e. The Labute approximate surface area is 86.2 Å². The van der Waals surface area contributed by atoms with Gasteiger partial charge in [-0.25, -0.2) is 0 Å². The molecule has 0 bridgehead atoms. The van der Waals surface area contributed by atoms with Crippen LogP contribution in [0.5, 0.6) is 0 Å². The van der Waals surface area contributed by atoms with Gasteiger partial charge in [-0.05, 0) is 23.9 Å². The average Bonchev–Trinajstić information content (AvgIpc) is 2.65.